The molecule has 9 heteroatoms. The number of esters is 2. The van der Waals surface area contributed by atoms with Crippen LogP contribution >= 0.6 is 0 Å². The molecule has 0 saturated carbocycles. The Morgan fingerprint density at radius 2 is 1.67 bits per heavy atom. The number of benzene rings is 2. The van der Waals surface area contributed by atoms with Crippen molar-refractivity contribution < 1.29 is 32.2 Å². The molecule has 2 aromatic rings. The summed E-state index contributed by atoms with van der Waals surface area (Å²) in [6.45, 7) is 0.954. The Balaban J connectivity index is 1.79. The van der Waals surface area contributed by atoms with Gasteiger partial charge in [0.25, 0.3) is 0 Å². The number of nitrogens with zero attached hydrogens (tertiary/aromatic N) is 1. The second kappa shape index (κ2) is 11.1. The summed E-state index contributed by atoms with van der Waals surface area (Å²) in [6, 6.07) is 10.6. The van der Waals surface area contributed by atoms with Gasteiger partial charge in [-0.25, -0.2) is 18.0 Å². The first-order valence-electron chi connectivity index (χ1n) is 10.6. The molecule has 0 N–H and O–H groups in total. The molecule has 0 amide bonds. The van der Waals surface area contributed by atoms with E-state index in [9.17, 15) is 18.0 Å². The molecule has 1 saturated heterocycles. The van der Waals surface area contributed by atoms with Crippen molar-refractivity contribution in [2.75, 3.05) is 27.3 Å². The number of carbonyl (C=O) groups is 2. The standard InChI is InChI=1S/C24H27NO7S/c1-30-22-16-18(11-13-23(26)31-2)10-12-21(22)32-24(27)19-8-7-9-20(17-19)33(28,29)25-14-5-3-4-6-15-25/h7-13,16-17H,3-6,14-15H2,1-2H3/b13-11+. The minimum Gasteiger partial charge on any atom is -0.493 e. The van der Waals surface area contributed by atoms with E-state index in [2.05, 4.69) is 4.74 Å². The third-order valence-electron chi connectivity index (χ3n) is 5.28. The van der Waals surface area contributed by atoms with Gasteiger partial charge in [0.05, 0.1) is 24.7 Å². The van der Waals surface area contributed by atoms with E-state index in [1.807, 2.05) is 0 Å². The van der Waals surface area contributed by atoms with Crippen LogP contribution in [0.4, 0.5) is 0 Å². The zero-order chi connectivity index (χ0) is 23.8. The largest absolute Gasteiger partial charge is 0.493 e. The molecule has 3 rings (SSSR count). The van der Waals surface area contributed by atoms with Crippen molar-refractivity contribution in [1.82, 2.24) is 4.31 Å². The second-order valence-corrected chi connectivity index (χ2v) is 9.44. The molecule has 0 atom stereocenters. The van der Waals surface area contributed by atoms with Gasteiger partial charge in [0.2, 0.25) is 10.0 Å². The van der Waals surface area contributed by atoms with Gasteiger partial charge in [-0.2, -0.15) is 4.31 Å². The zero-order valence-corrected chi connectivity index (χ0v) is 19.5. The summed E-state index contributed by atoms with van der Waals surface area (Å²) in [5, 5.41) is 0. The molecule has 176 valence electrons. The highest BCUT2D eigenvalue weighted by Gasteiger charge is 2.26. The van der Waals surface area contributed by atoms with Crippen molar-refractivity contribution in [3.63, 3.8) is 0 Å². The normalized spacial score (nSPS) is 15.1. The Kier molecular flexibility index (Phi) is 8.24. The van der Waals surface area contributed by atoms with Crippen LogP contribution in [0.1, 0.15) is 41.6 Å². The molecule has 1 fully saturated rings. The molecule has 0 unspecified atom stereocenters. The Labute approximate surface area is 193 Å². The van der Waals surface area contributed by atoms with Crippen molar-refractivity contribution in [1.29, 1.82) is 0 Å². The molecule has 0 radical (unpaired) electrons. The van der Waals surface area contributed by atoms with E-state index in [0.29, 0.717) is 18.7 Å². The summed E-state index contributed by atoms with van der Waals surface area (Å²) in [4.78, 5) is 24.1. The van der Waals surface area contributed by atoms with Crippen molar-refractivity contribution in [2.45, 2.75) is 30.6 Å². The number of sulfonamides is 1. The molecule has 0 bridgehead atoms. The SMILES string of the molecule is COC(=O)/C=C/c1ccc(OC(=O)c2cccc(S(=O)(=O)N3CCCCCC3)c2)c(OC)c1. The summed E-state index contributed by atoms with van der Waals surface area (Å²) in [5.74, 6) is -0.763. The van der Waals surface area contributed by atoms with Gasteiger partial charge in [-0.15, -0.1) is 0 Å². The van der Waals surface area contributed by atoms with E-state index < -0.39 is 22.0 Å². The Morgan fingerprint density at radius 3 is 2.33 bits per heavy atom. The van der Waals surface area contributed by atoms with E-state index in [0.717, 1.165) is 25.7 Å². The van der Waals surface area contributed by atoms with E-state index in [1.54, 1.807) is 12.1 Å². The van der Waals surface area contributed by atoms with Crippen molar-refractivity contribution in [3.05, 3.63) is 59.7 Å². The van der Waals surface area contributed by atoms with E-state index >= 15 is 0 Å². The molecular formula is C24H27NO7S. The smallest absolute Gasteiger partial charge is 0.343 e. The lowest BCUT2D eigenvalue weighted by Gasteiger charge is -2.20. The van der Waals surface area contributed by atoms with Gasteiger partial charge < -0.3 is 14.2 Å². The predicted octanol–water partition coefficient (Wildman–Crippen LogP) is 3.67. The Morgan fingerprint density at radius 1 is 0.939 bits per heavy atom. The quantitative estimate of drug-likeness (QED) is 0.344. The molecule has 8 nitrogen and oxygen atoms in total. The first-order chi connectivity index (χ1) is 15.8. The highest BCUT2D eigenvalue weighted by molar-refractivity contribution is 7.89. The summed E-state index contributed by atoms with van der Waals surface area (Å²) < 4.78 is 42.9. The number of rotatable bonds is 7. The van der Waals surface area contributed by atoms with Gasteiger partial charge in [0.1, 0.15) is 0 Å². The topological polar surface area (TPSA) is 99.2 Å². The van der Waals surface area contributed by atoms with E-state index in [4.69, 9.17) is 9.47 Å². The fourth-order valence-corrected chi connectivity index (χ4v) is 5.04. The lowest BCUT2D eigenvalue weighted by Crippen LogP contribution is -2.32. The second-order valence-electron chi connectivity index (χ2n) is 7.50. The third kappa shape index (κ3) is 6.21. The predicted molar refractivity (Wildman–Crippen MR) is 123 cm³/mol. The van der Waals surface area contributed by atoms with Crippen LogP contribution in [-0.4, -0.2) is 52.0 Å². The molecule has 33 heavy (non-hydrogen) atoms. The van der Waals surface area contributed by atoms with Gasteiger partial charge in [-0.1, -0.05) is 25.0 Å². The number of hydrogen-bond donors (Lipinski definition) is 0. The molecular weight excluding hydrogens is 446 g/mol. The Hall–Kier alpha value is -3.17. The minimum atomic E-state index is -3.69. The van der Waals surface area contributed by atoms with Crippen LogP contribution < -0.4 is 9.47 Å². The van der Waals surface area contributed by atoms with Crippen LogP contribution in [0.2, 0.25) is 0 Å². The van der Waals surface area contributed by atoms with Gasteiger partial charge in [0.15, 0.2) is 11.5 Å². The Bertz CT molecular complexity index is 1130. The van der Waals surface area contributed by atoms with Crippen LogP contribution in [0.15, 0.2) is 53.4 Å². The van der Waals surface area contributed by atoms with E-state index in [1.165, 1.54) is 61.0 Å². The first kappa shape index (κ1) is 24.5. The van der Waals surface area contributed by atoms with Crippen LogP contribution in [-0.2, 0) is 19.6 Å². The van der Waals surface area contributed by atoms with Crippen LogP contribution in [0.3, 0.4) is 0 Å². The number of hydrogen-bond acceptors (Lipinski definition) is 7. The molecule has 0 aliphatic carbocycles. The fourth-order valence-electron chi connectivity index (χ4n) is 3.48. The lowest BCUT2D eigenvalue weighted by molar-refractivity contribution is -0.134. The number of ether oxygens (including phenoxy) is 3. The van der Waals surface area contributed by atoms with Gasteiger partial charge in [0, 0.05) is 19.2 Å². The van der Waals surface area contributed by atoms with Gasteiger partial charge in [-0.05, 0) is 54.8 Å². The zero-order valence-electron chi connectivity index (χ0n) is 18.7. The summed E-state index contributed by atoms with van der Waals surface area (Å²) in [5.41, 5.74) is 0.755. The molecule has 1 aliphatic rings. The molecule has 1 heterocycles. The maximum Gasteiger partial charge on any atom is 0.343 e. The molecule has 0 aromatic heterocycles. The molecule has 0 spiro atoms. The van der Waals surface area contributed by atoms with Crippen molar-refractivity contribution >= 4 is 28.0 Å². The average Bonchev–Trinajstić information content (AvgIpc) is 3.13. The highest BCUT2D eigenvalue weighted by Crippen LogP contribution is 2.30. The van der Waals surface area contributed by atoms with E-state index in [-0.39, 0.29) is 22.0 Å². The summed E-state index contributed by atoms with van der Waals surface area (Å²) in [7, 11) is -0.986. The van der Waals surface area contributed by atoms with Crippen molar-refractivity contribution in [3.8, 4) is 11.5 Å². The van der Waals surface area contributed by atoms with Crippen LogP contribution in [0.5, 0.6) is 11.5 Å². The van der Waals surface area contributed by atoms with Gasteiger partial charge >= 0.3 is 11.9 Å². The molecule has 2 aromatic carbocycles. The maximum absolute atomic E-state index is 13.1. The average molecular weight is 474 g/mol. The minimum absolute atomic E-state index is 0.0640. The lowest BCUT2D eigenvalue weighted by atomic mass is 10.2. The van der Waals surface area contributed by atoms with Crippen molar-refractivity contribution in [2.24, 2.45) is 0 Å². The summed E-state index contributed by atoms with van der Waals surface area (Å²) in [6.07, 6.45) is 6.47. The first-order valence-corrected chi connectivity index (χ1v) is 12.1. The molecule has 1 aliphatic heterocycles. The highest BCUT2D eigenvalue weighted by atomic mass is 32.2. The third-order valence-corrected chi connectivity index (χ3v) is 7.17. The monoisotopic (exact) mass is 473 g/mol. The number of carbonyl (C=O) groups excluding carboxylic acids is 2. The fraction of sp³-hybridized carbons (Fsp3) is 0.333. The van der Waals surface area contributed by atoms with Gasteiger partial charge in [-0.3, -0.25) is 0 Å². The summed E-state index contributed by atoms with van der Waals surface area (Å²) >= 11 is 0. The van der Waals surface area contributed by atoms with Crippen LogP contribution in [0, 0.1) is 0 Å². The van der Waals surface area contributed by atoms with Crippen LogP contribution in [0.25, 0.3) is 6.08 Å². The maximum atomic E-state index is 13.1. The number of methoxy groups -OCH3 is 2.